The number of likely N-dealkylation sites (N-methyl/N-ethyl adjacent to an activating group) is 1. The molecule has 1 unspecified atom stereocenters. The van der Waals surface area contributed by atoms with E-state index in [9.17, 15) is 13.8 Å². The Hall–Kier alpha value is -1.69. The predicted molar refractivity (Wildman–Crippen MR) is 81.6 cm³/mol. The van der Waals surface area contributed by atoms with Gasteiger partial charge in [-0.2, -0.15) is 0 Å². The van der Waals surface area contributed by atoms with Crippen molar-refractivity contribution in [3.63, 3.8) is 0 Å². The SMILES string of the molecule is CCS(=O)c1ccccc1C(=O)OCC(=O)N(C)C(C)C. The Bertz CT molecular complexity index is 542. The molecule has 21 heavy (non-hydrogen) atoms. The van der Waals surface area contributed by atoms with E-state index in [-0.39, 0.29) is 24.1 Å². The molecule has 0 saturated heterocycles. The Balaban J connectivity index is 2.77. The van der Waals surface area contributed by atoms with Crippen molar-refractivity contribution in [3.05, 3.63) is 29.8 Å². The zero-order chi connectivity index (χ0) is 16.0. The fourth-order valence-electron chi connectivity index (χ4n) is 1.58. The number of rotatable bonds is 6. The predicted octanol–water partition coefficient (Wildman–Crippen LogP) is 1.84. The normalized spacial score (nSPS) is 12.0. The van der Waals surface area contributed by atoms with Gasteiger partial charge in [0.15, 0.2) is 6.61 Å². The van der Waals surface area contributed by atoms with Gasteiger partial charge in [-0.05, 0) is 26.0 Å². The highest BCUT2D eigenvalue weighted by molar-refractivity contribution is 7.85. The fraction of sp³-hybridized carbons (Fsp3) is 0.467. The Kier molecular flexibility index (Phi) is 6.55. The van der Waals surface area contributed by atoms with Crippen molar-refractivity contribution in [3.8, 4) is 0 Å². The van der Waals surface area contributed by atoms with Crippen LogP contribution in [0.1, 0.15) is 31.1 Å². The van der Waals surface area contributed by atoms with Crippen LogP contribution < -0.4 is 0 Å². The molecule has 0 aliphatic carbocycles. The minimum atomic E-state index is -1.25. The molecule has 0 aromatic heterocycles. The molecule has 0 N–H and O–H groups in total. The molecule has 1 rings (SSSR count). The molecule has 6 heteroatoms. The van der Waals surface area contributed by atoms with Crippen LogP contribution in [0.15, 0.2) is 29.2 Å². The third-order valence-electron chi connectivity index (χ3n) is 3.11. The van der Waals surface area contributed by atoms with Gasteiger partial charge in [-0.3, -0.25) is 9.00 Å². The lowest BCUT2D eigenvalue weighted by Gasteiger charge is -2.21. The number of hydrogen-bond acceptors (Lipinski definition) is 4. The number of nitrogens with zero attached hydrogens (tertiary/aromatic N) is 1. The molecule has 0 saturated carbocycles. The van der Waals surface area contributed by atoms with Crippen LogP contribution >= 0.6 is 0 Å². The summed E-state index contributed by atoms with van der Waals surface area (Å²) in [7, 11) is 0.405. The first-order valence-electron chi connectivity index (χ1n) is 6.78. The van der Waals surface area contributed by atoms with Crippen LogP contribution in [-0.2, 0) is 20.3 Å². The largest absolute Gasteiger partial charge is 0.452 e. The van der Waals surface area contributed by atoms with Crippen molar-refractivity contribution in [2.45, 2.75) is 31.7 Å². The van der Waals surface area contributed by atoms with Gasteiger partial charge in [0.2, 0.25) is 0 Å². The molecular weight excluding hydrogens is 290 g/mol. The highest BCUT2D eigenvalue weighted by Gasteiger charge is 2.19. The van der Waals surface area contributed by atoms with E-state index in [1.54, 1.807) is 38.2 Å². The molecule has 0 aliphatic heterocycles. The summed E-state index contributed by atoms with van der Waals surface area (Å²) in [6.45, 7) is 5.21. The Morgan fingerprint density at radius 2 is 1.90 bits per heavy atom. The second-order valence-electron chi connectivity index (χ2n) is 4.80. The molecule has 116 valence electrons. The molecule has 5 nitrogen and oxygen atoms in total. The number of carbonyl (C=O) groups excluding carboxylic acids is 2. The highest BCUT2D eigenvalue weighted by Crippen LogP contribution is 2.15. The summed E-state index contributed by atoms with van der Waals surface area (Å²) in [5.74, 6) is -0.482. The van der Waals surface area contributed by atoms with Crippen LogP contribution in [0, 0.1) is 0 Å². The van der Waals surface area contributed by atoms with E-state index in [0.717, 1.165) is 0 Å². The molecule has 1 aromatic rings. The molecule has 0 bridgehead atoms. The van der Waals surface area contributed by atoms with E-state index in [4.69, 9.17) is 4.74 Å². The van der Waals surface area contributed by atoms with Crippen molar-refractivity contribution in [1.29, 1.82) is 0 Å². The summed E-state index contributed by atoms with van der Waals surface area (Å²) in [5.41, 5.74) is 0.248. The van der Waals surface area contributed by atoms with Crippen LogP contribution in [0.3, 0.4) is 0 Å². The zero-order valence-electron chi connectivity index (χ0n) is 12.8. The molecule has 1 atom stereocenters. The summed E-state index contributed by atoms with van der Waals surface area (Å²) in [6, 6.07) is 6.63. The van der Waals surface area contributed by atoms with E-state index < -0.39 is 16.8 Å². The van der Waals surface area contributed by atoms with Gasteiger partial charge in [-0.1, -0.05) is 19.1 Å². The molecule has 0 fully saturated rings. The second-order valence-corrected chi connectivity index (χ2v) is 6.51. The van der Waals surface area contributed by atoms with Gasteiger partial charge in [0.05, 0.1) is 21.3 Å². The Labute approximate surface area is 127 Å². The number of hydrogen-bond donors (Lipinski definition) is 0. The van der Waals surface area contributed by atoms with E-state index in [2.05, 4.69) is 0 Å². The average molecular weight is 311 g/mol. The number of ether oxygens (including phenoxy) is 1. The van der Waals surface area contributed by atoms with Gasteiger partial charge < -0.3 is 9.64 Å². The van der Waals surface area contributed by atoms with Crippen LogP contribution in [0.25, 0.3) is 0 Å². The van der Waals surface area contributed by atoms with E-state index in [1.807, 2.05) is 13.8 Å². The highest BCUT2D eigenvalue weighted by atomic mass is 32.2. The van der Waals surface area contributed by atoms with Gasteiger partial charge in [0, 0.05) is 18.8 Å². The quantitative estimate of drug-likeness (QED) is 0.752. The minimum Gasteiger partial charge on any atom is -0.452 e. The van der Waals surface area contributed by atoms with Crippen LogP contribution in [0.5, 0.6) is 0 Å². The average Bonchev–Trinajstić information content (AvgIpc) is 2.50. The van der Waals surface area contributed by atoms with Crippen LogP contribution in [0.2, 0.25) is 0 Å². The first-order chi connectivity index (χ1) is 9.88. The summed E-state index contributed by atoms with van der Waals surface area (Å²) in [5, 5.41) is 0. The molecule has 0 aliphatic rings. The summed E-state index contributed by atoms with van der Waals surface area (Å²) in [6.07, 6.45) is 0. The van der Waals surface area contributed by atoms with Gasteiger partial charge >= 0.3 is 5.97 Å². The third kappa shape index (κ3) is 4.67. The zero-order valence-corrected chi connectivity index (χ0v) is 13.6. The molecule has 1 aromatic carbocycles. The van der Waals surface area contributed by atoms with Gasteiger partial charge in [-0.15, -0.1) is 0 Å². The maximum absolute atomic E-state index is 12.1. The molecule has 0 radical (unpaired) electrons. The lowest BCUT2D eigenvalue weighted by Crippen LogP contribution is -2.36. The number of benzene rings is 1. The Morgan fingerprint density at radius 3 is 2.48 bits per heavy atom. The third-order valence-corrected chi connectivity index (χ3v) is 4.48. The number of esters is 1. The summed E-state index contributed by atoms with van der Waals surface area (Å²) < 4.78 is 16.9. The van der Waals surface area contributed by atoms with Gasteiger partial charge in [-0.25, -0.2) is 4.79 Å². The molecular formula is C15H21NO4S. The first kappa shape index (κ1) is 17.4. The van der Waals surface area contributed by atoms with Gasteiger partial charge in [0.1, 0.15) is 0 Å². The second kappa shape index (κ2) is 7.93. The fourth-order valence-corrected chi connectivity index (χ4v) is 2.52. The standard InChI is InChI=1S/C15H21NO4S/c1-5-21(19)13-9-7-6-8-12(13)15(18)20-10-14(17)16(4)11(2)3/h6-9,11H,5,10H2,1-4H3. The molecule has 1 amide bonds. The lowest BCUT2D eigenvalue weighted by molar-refractivity contribution is -0.134. The molecule has 0 spiro atoms. The topological polar surface area (TPSA) is 63.7 Å². The summed E-state index contributed by atoms with van der Waals surface area (Å²) >= 11 is 0. The van der Waals surface area contributed by atoms with E-state index in [0.29, 0.717) is 10.6 Å². The number of amides is 1. The monoisotopic (exact) mass is 311 g/mol. The maximum Gasteiger partial charge on any atom is 0.339 e. The smallest absolute Gasteiger partial charge is 0.339 e. The van der Waals surface area contributed by atoms with Crippen molar-refractivity contribution >= 4 is 22.7 Å². The van der Waals surface area contributed by atoms with Crippen LogP contribution in [0.4, 0.5) is 0 Å². The van der Waals surface area contributed by atoms with Gasteiger partial charge in [0.25, 0.3) is 5.91 Å². The maximum atomic E-state index is 12.1. The van der Waals surface area contributed by atoms with Crippen molar-refractivity contribution in [1.82, 2.24) is 4.90 Å². The lowest BCUT2D eigenvalue weighted by atomic mass is 10.2. The first-order valence-corrected chi connectivity index (χ1v) is 8.10. The number of carbonyl (C=O) groups is 2. The van der Waals surface area contributed by atoms with Crippen molar-refractivity contribution in [2.75, 3.05) is 19.4 Å². The Morgan fingerprint density at radius 1 is 1.29 bits per heavy atom. The van der Waals surface area contributed by atoms with E-state index >= 15 is 0 Å². The van der Waals surface area contributed by atoms with Crippen molar-refractivity contribution in [2.24, 2.45) is 0 Å². The molecule has 0 heterocycles. The van der Waals surface area contributed by atoms with Crippen molar-refractivity contribution < 1.29 is 18.5 Å². The summed E-state index contributed by atoms with van der Waals surface area (Å²) in [4.78, 5) is 25.8. The minimum absolute atomic E-state index is 0.0380. The van der Waals surface area contributed by atoms with E-state index in [1.165, 1.54) is 4.90 Å². The van der Waals surface area contributed by atoms with Crippen LogP contribution in [-0.4, -0.2) is 46.4 Å².